The van der Waals surface area contributed by atoms with Gasteiger partial charge in [-0.05, 0) is 80.9 Å². The first-order valence-corrected chi connectivity index (χ1v) is 15.0. The number of ether oxygens (including phenoxy) is 2. The number of pyridine rings is 1. The van der Waals surface area contributed by atoms with Crippen LogP contribution in [0, 0.1) is 28.4 Å². The first-order chi connectivity index (χ1) is 22.0. The second-order valence-corrected chi connectivity index (χ2v) is 12.4. The molecule has 4 aromatic rings. The van der Waals surface area contributed by atoms with Gasteiger partial charge >= 0.3 is 6.18 Å². The molecular weight excluding hydrogens is 607 g/mol. The highest BCUT2D eigenvalue weighted by molar-refractivity contribution is 5.55. The molecule has 2 aromatic heterocycles. The van der Waals surface area contributed by atoms with Gasteiger partial charge in [-0.3, -0.25) is 9.88 Å². The van der Waals surface area contributed by atoms with Gasteiger partial charge in [-0.15, -0.1) is 10.2 Å². The van der Waals surface area contributed by atoms with Crippen LogP contribution in [0.3, 0.4) is 0 Å². The molecule has 0 bridgehead atoms. The Hall–Kier alpha value is -4.57. The minimum atomic E-state index is -4.65. The Morgan fingerprint density at radius 2 is 1.85 bits per heavy atom. The number of hydrogen-bond acceptors (Lipinski definition) is 7. The fraction of sp³-hybridized carbons (Fsp3) is 0.394. The predicted molar refractivity (Wildman–Crippen MR) is 154 cm³/mol. The van der Waals surface area contributed by atoms with E-state index in [2.05, 4.69) is 31.1 Å². The molecule has 7 rings (SSSR count). The number of halogens is 5. The largest absolute Gasteiger partial charge is 0.451 e. The zero-order valence-corrected chi connectivity index (χ0v) is 24.8. The van der Waals surface area contributed by atoms with Crippen LogP contribution in [0.15, 0.2) is 48.7 Å². The number of nitrogens with one attached hydrogen (secondary N) is 1. The quantitative estimate of drug-likeness (QED) is 0.217. The molecule has 238 valence electrons. The maximum absolute atomic E-state index is 14.7. The number of aromatic nitrogens is 4. The number of alkyl halides is 3. The number of piperidine rings is 1. The van der Waals surface area contributed by atoms with Gasteiger partial charge in [-0.2, -0.15) is 18.4 Å². The van der Waals surface area contributed by atoms with Crippen molar-refractivity contribution in [3.8, 4) is 29.0 Å². The van der Waals surface area contributed by atoms with Crippen molar-refractivity contribution < 1.29 is 31.4 Å². The average molecular weight is 637 g/mol. The van der Waals surface area contributed by atoms with E-state index in [0.717, 1.165) is 61.7 Å². The lowest BCUT2D eigenvalue weighted by Crippen LogP contribution is -2.34. The third kappa shape index (κ3) is 5.66. The van der Waals surface area contributed by atoms with Gasteiger partial charge in [0.1, 0.15) is 11.6 Å². The van der Waals surface area contributed by atoms with Crippen LogP contribution in [-0.4, -0.2) is 38.2 Å². The summed E-state index contributed by atoms with van der Waals surface area (Å²) in [6, 6.07) is 13.1. The highest BCUT2D eigenvalue weighted by Crippen LogP contribution is 2.50. The SMILES string of the molecule is CC1(c2ccc(F)cc2F)Oc2cccc(C3CCN(Cc4ncc(-c5nnc(C(F)(F)F)[nH]5)cc4CC4(C#N)CC4)CC3)c2O1. The summed E-state index contributed by atoms with van der Waals surface area (Å²) in [6.45, 7) is 3.61. The average Bonchev–Trinajstić information content (AvgIpc) is 3.42. The second-order valence-electron chi connectivity index (χ2n) is 12.4. The van der Waals surface area contributed by atoms with Gasteiger partial charge in [0, 0.05) is 36.9 Å². The van der Waals surface area contributed by atoms with E-state index in [9.17, 15) is 27.2 Å². The fourth-order valence-electron chi connectivity index (χ4n) is 6.38. The maximum atomic E-state index is 14.7. The van der Waals surface area contributed by atoms with Crippen LogP contribution in [0.4, 0.5) is 22.0 Å². The summed E-state index contributed by atoms with van der Waals surface area (Å²) >= 11 is 0. The number of aromatic amines is 1. The summed E-state index contributed by atoms with van der Waals surface area (Å²) in [7, 11) is 0. The van der Waals surface area contributed by atoms with Gasteiger partial charge in [-0.25, -0.2) is 8.78 Å². The summed E-state index contributed by atoms with van der Waals surface area (Å²) in [5, 5.41) is 16.7. The summed E-state index contributed by atoms with van der Waals surface area (Å²) < 4.78 is 79.8. The van der Waals surface area contributed by atoms with Crippen molar-refractivity contribution in [2.45, 2.75) is 63.5 Å². The first-order valence-electron chi connectivity index (χ1n) is 15.0. The van der Waals surface area contributed by atoms with Crippen molar-refractivity contribution >= 4 is 0 Å². The first kappa shape index (κ1) is 30.1. The van der Waals surface area contributed by atoms with Crippen molar-refractivity contribution in [2.75, 3.05) is 13.1 Å². The molecule has 2 aliphatic heterocycles. The number of H-pyrrole nitrogens is 1. The van der Waals surface area contributed by atoms with Crippen molar-refractivity contribution in [1.29, 1.82) is 5.26 Å². The van der Waals surface area contributed by atoms with E-state index < -0.39 is 34.8 Å². The van der Waals surface area contributed by atoms with Crippen LogP contribution >= 0.6 is 0 Å². The lowest BCUT2D eigenvalue weighted by Gasteiger charge is -2.33. The Balaban J connectivity index is 1.07. The van der Waals surface area contributed by atoms with Crippen LogP contribution in [0.2, 0.25) is 0 Å². The molecule has 13 heteroatoms. The second kappa shape index (κ2) is 11.0. The molecule has 3 aliphatic rings. The van der Waals surface area contributed by atoms with Crippen molar-refractivity contribution in [2.24, 2.45) is 5.41 Å². The molecule has 4 heterocycles. The number of likely N-dealkylation sites (tertiary alicyclic amines) is 1. The standard InChI is InChI=1S/C33H29F5N6O2/c1-31(24-6-5-22(34)14-25(24)35)45-27-4-2-3-23(28(27)46-31)19-7-11-44(12-8-19)17-26-20(15-32(18-39)9-10-32)13-21(16-40-26)29-41-30(43-42-29)33(36,37)38/h2-6,13-14,16,19H,7-12,15,17H2,1H3,(H,41,42,43). The predicted octanol–water partition coefficient (Wildman–Crippen LogP) is 7.03. The van der Waals surface area contributed by atoms with Crippen LogP contribution in [0.1, 0.15) is 66.7 Å². The molecule has 1 atom stereocenters. The summed E-state index contributed by atoms with van der Waals surface area (Å²) in [5.74, 6) is -2.88. The molecule has 0 radical (unpaired) electrons. The fourth-order valence-corrected chi connectivity index (χ4v) is 6.38. The Labute approximate surface area is 261 Å². The Bertz CT molecular complexity index is 1840. The smallest absolute Gasteiger partial charge is 0.444 e. The maximum Gasteiger partial charge on any atom is 0.451 e. The van der Waals surface area contributed by atoms with Crippen molar-refractivity contribution in [3.63, 3.8) is 0 Å². The van der Waals surface area contributed by atoms with E-state index in [-0.39, 0.29) is 17.3 Å². The van der Waals surface area contributed by atoms with E-state index in [1.54, 1.807) is 19.1 Å². The van der Waals surface area contributed by atoms with E-state index in [0.29, 0.717) is 30.0 Å². The molecule has 2 aromatic carbocycles. The zero-order valence-electron chi connectivity index (χ0n) is 24.8. The summed E-state index contributed by atoms with van der Waals surface area (Å²) in [6.07, 6.45) is 0.426. The number of para-hydroxylation sites is 1. The van der Waals surface area contributed by atoms with E-state index in [1.807, 2.05) is 12.1 Å². The molecule has 0 spiro atoms. The Kier molecular flexibility index (Phi) is 7.23. The van der Waals surface area contributed by atoms with Crippen LogP contribution in [-0.2, 0) is 24.9 Å². The van der Waals surface area contributed by atoms with E-state index in [4.69, 9.17) is 9.47 Å². The molecule has 1 unspecified atom stereocenters. The normalized spacial score (nSPS) is 20.9. The molecule has 0 amide bonds. The summed E-state index contributed by atoms with van der Waals surface area (Å²) in [5.41, 5.74) is 2.54. The minimum Gasteiger partial charge on any atom is -0.444 e. The number of nitriles is 1. The molecular formula is C33H29F5N6O2. The monoisotopic (exact) mass is 636 g/mol. The van der Waals surface area contributed by atoms with Gasteiger partial charge < -0.3 is 14.5 Å². The molecule has 8 nitrogen and oxygen atoms in total. The van der Waals surface area contributed by atoms with Gasteiger partial charge in [0.2, 0.25) is 5.82 Å². The van der Waals surface area contributed by atoms with Crippen LogP contribution in [0.25, 0.3) is 11.4 Å². The minimum absolute atomic E-state index is 0.0323. The van der Waals surface area contributed by atoms with Gasteiger partial charge in [0.05, 0.1) is 22.7 Å². The highest BCUT2D eigenvalue weighted by Gasteiger charge is 2.45. The highest BCUT2D eigenvalue weighted by atomic mass is 19.4. The number of rotatable bonds is 7. The third-order valence-electron chi connectivity index (χ3n) is 9.14. The Morgan fingerprint density at radius 3 is 2.52 bits per heavy atom. The molecule has 46 heavy (non-hydrogen) atoms. The third-order valence-corrected chi connectivity index (χ3v) is 9.14. The number of nitrogens with zero attached hydrogens (tertiary/aromatic N) is 5. The summed E-state index contributed by atoms with van der Waals surface area (Å²) in [4.78, 5) is 9.14. The molecule has 1 N–H and O–H groups in total. The number of hydrogen-bond donors (Lipinski definition) is 1. The van der Waals surface area contributed by atoms with Crippen molar-refractivity contribution in [1.82, 2.24) is 25.1 Å². The lowest BCUT2D eigenvalue weighted by atomic mass is 9.88. The van der Waals surface area contributed by atoms with Gasteiger partial charge in [-0.1, -0.05) is 12.1 Å². The Morgan fingerprint density at radius 1 is 1.07 bits per heavy atom. The molecule has 1 aliphatic carbocycles. The van der Waals surface area contributed by atoms with E-state index in [1.165, 1.54) is 18.3 Å². The van der Waals surface area contributed by atoms with Gasteiger partial charge in [0.25, 0.3) is 5.79 Å². The van der Waals surface area contributed by atoms with E-state index >= 15 is 0 Å². The zero-order chi connectivity index (χ0) is 32.3. The number of benzene rings is 2. The molecule has 1 saturated heterocycles. The molecule has 1 saturated carbocycles. The van der Waals surface area contributed by atoms with Gasteiger partial charge in [0.15, 0.2) is 17.3 Å². The topological polar surface area (TPSA) is 100.0 Å². The molecule has 2 fully saturated rings. The van der Waals surface area contributed by atoms with Crippen LogP contribution < -0.4 is 9.47 Å². The number of fused-ring (bicyclic) bond motifs is 1. The lowest BCUT2D eigenvalue weighted by molar-refractivity contribution is -0.144. The van der Waals surface area contributed by atoms with Crippen molar-refractivity contribution in [3.05, 3.63) is 88.5 Å². The van der Waals surface area contributed by atoms with Crippen LogP contribution in [0.5, 0.6) is 11.5 Å².